The molecule has 0 aromatic heterocycles. The number of ether oxygens (including phenoxy) is 1. The van der Waals surface area contributed by atoms with Crippen LogP contribution in [0.5, 0.6) is 0 Å². The first-order chi connectivity index (χ1) is 5.54. The van der Waals surface area contributed by atoms with Crippen LogP contribution in [0.25, 0.3) is 0 Å². The summed E-state index contributed by atoms with van der Waals surface area (Å²) in [6.45, 7) is -0.476. The van der Waals surface area contributed by atoms with Crippen molar-refractivity contribution in [3.63, 3.8) is 0 Å². The summed E-state index contributed by atoms with van der Waals surface area (Å²) in [5.41, 5.74) is -1.30. The third-order valence-electron chi connectivity index (χ3n) is 1.33. The molecule has 64 valence electrons. The van der Waals surface area contributed by atoms with Crippen LogP contribution in [-0.4, -0.2) is 34.7 Å². The fourth-order valence-electron chi connectivity index (χ4n) is 0.790. The second-order valence-corrected chi connectivity index (χ2v) is 2.04. The highest BCUT2D eigenvalue weighted by Crippen LogP contribution is 2.15. The van der Waals surface area contributed by atoms with Gasteiger partial charge in [-0.15, -0.1) is 0 Å². The van der Waals surface area contributed by atoms with E-state index in [1.54, 1.807) is 0 Å². The van der Waals surface area contributed by atoms with Crippen molar-refractivity contribution in [2.45, 2.75) is 0 Å². The van der Waals surface area contributed by atoms with Gasteiger partial charge in [-0.1, -0.05) is 0 Å². The van der Waals surface area contributed by atoms with Crippen LogP contribution in [0.2, 0.25) is 0 Å². The van der Waals surface area contributed by atoms with Gasteiger partial charge in [-0.3, -0.25) is 0 Å². The number of cyclic esters (lactones) is 1. The Morgan fingerprint density at radius 1 is 1.25 bits per heavy atom. The van der Waals surface area contributed by atoms with Crippen LogP contribution in [0.4, 0.5) is 0 Å². The Balaban J connectivity index is 3.15. The van der Waals surface area contributed by atoms with E-state index in [1.807, 2.05) is 0 Å². The monoisotopic (exact) mass is 172 g/mol. The third-order valence-corrected chi connectivity index (χ3v) is 1.33. The molecule has 1 aliphatic heterocycles. The highest BCUT2D eigenvalue weighted by Gasteiger charge is 2.34. The Labute approximate surface area is 66.1 Å². The molecule has 12 heavy (non-hydrogen) atoms. The molecule has 0 bridgehead atoms. The van der Waals surface area contributed by atoms with Crippen LogP contribution >= 0.6 is 0 Å². The molecule has 0 spiro atoms. The Bertz CT molecular complexity index is 299. The average molecular weight is 172 g/mol. The van der Waals surface area contributed by atoms with E-state index in [0.717, 1.165) is 0 Å². The van der Waals surface area contributed by atoms with Gasteiger partial charge >= 0.3 is 17.9 Å². The minimum Gasteiger partial charge on any atom is -0.478 e. The van der Waals surface area contributed by atoms with Crippen LogP contribution in [-0.2, 0) is 19.1 Å². The lowest BCUT2D eigenvalue weighted by molar-refractivity contribution is -0.141. The number of hydrogen-bond donors (Lipinski definition) is 2. The van der Waals surface area contributed by atoms with Crippen LogP contribution in [0, 0.1) is 0 Å². The lowest BCUT2D eigenvalue weighted by atomic mass is 10.1. The summed E-state index contributed by atoms with van der Waals surface area (Å²) in [6, 6.07) is 0. The van der Waals surface area contributed by atoms with Crippen LogP contribution in [0.15, 0.2) is 11.1 Å². The lowest BCUT2D eigenvalue weighted by Crippen LogP contribution is -2.12. The zero-order valence-corrected chi connectivity index (χ0v) is 5.73. The number of aliphatic carboxylic acids is 2. The predicted octanol–water partition coefficient (Wildman–Crippen LogP) is -0.991. The van der Waals surface area contributed by atoms with Gasteiger partial charge in [-0.25, -0.2) is 14.4 Å². The molecule has 2 N–H and O–H groups in total. The molecule has 0 fully saturated rings. The number of hydrogen-bond acceptors (Lipinski definition) is 4. The number of esters is 1. The summed E-state index contributed by atoms with van der Waals surface area (Å²) in [7, 11) is 0. The van der Waals surface area contributed by atoms with Gasteiger partial charge in [0.15, 0.2) is 5.57 Å². The van der Waals surface area contributed by atoms with Gasteiger partial charge < -0.3 is 14.9 Å². The summed E-state index contributed by atoms with van der Waals surface area (Å²) in [4.78, 5) is 31.2. The second-order valence-electron chi connectivity index (χ2n) is 2.04. The Kier molecular flexibility index (Phi) is 1.82. The maximum absolute atomic E-state index is 10.6. The molecule has 0 aromatic rings. The second kappa shape index (κ2) is 2.65. The number of rotatable bonds is 2. The molecule has 6 heteroatoms. The molecule has 0 saturated carbocycles. The number of carbonyl (C=O) groups excluding carboxylic acids is 1. The summed E-state index contributed by atoms with van der Waals surface area (Å²) in [5, 5.41) is 16.8. The van der Waals surface area contributed by atoms with Crippen molar-refractivity contribution < 1.29 is 29.3 Å². The van der Waals surface area contributed by atoms with Gasteiger partial charge in [0.1, 0.15) is 6.61 Å². The molecule has 0 radical (unpaired) electrons. The van der Waals surface area contributed by atoms with Gasteiger partial charge in [-0.05, 0) is 0 Å². The SMILES string of the molecule is O=C(O)C1=C(C(=O)O)C(=O)OC1. The van der Waals surface area contributed by atoms with Crippen molar-refractivity contribution in [1.29, 1.82) is 0 Å². The molecule has 1 heterocycles. The van der Waals surface area contributed by atoms with E-state index in [-0.39, 0.29) is 0 Å². The normalized spacial score (nSPS) is 16.2. The number of carboxylic acid groups (broad SMARTS) is 2. The minimum absolute atomic E-state index is 0.476. The molecule has 0 unspecified atom stereocenters. The van der Waals surface area contributed by atoms with Crippen molar-refractivity contribution >= 4 is 17.9 Å². The first kappa shape index (κ1) is 8.25. The highest BCUT2D eigenvalue weighted by atomic mass is 16.5. The Morgan fingerprint density at radius 3 is 2.17 bits per heavy atom. The standard InChI is InChI=1S/C6H4O6/c7-4(8)2-1-12-6(11)3(2)5(9)10/h1H2,(H,7,8)(H,9,10). The van der Waals surface area contributed by atoms with Gasteiger partial charge in [-0.2, -0.15) is 0 Å². The summed E-state index contributed by atoms with van der Waals surface area (Å²) in [6.07, 6.45) is 0. The van der Waals surface area contributed by atoms with Crippen LogP contribution in [0.1, 0.15) is 0 Å². The molecular formula is C6H4O6. The summed E-state index contributed by atoms with van der Waals surface area (Å²) >= 11 is 0. The van der Waals surface area contributed by atoms with Gasteiger partial charge in [0, 0.05) is 0 Å². The van der Waals surface area contributed by atoms with Crippen molar-refractivity contribution in [2.24, 2.45) is 0 Å². The fourth-order valence-corrected chi connectivity index (χ4v) is 0.790. The summed E-state index contributed by atoms with van der Waals surface area (Å²) < 4.78 is 4.23. The topological polar surface area (TPSA) is 101 Å². The molecule has 0 aliphatic carbocycles. The quantitative estimate of drug-likeness (QED) is 0.409. The first-order valence-corrected chi connectivity index (χ1v) is 2.91. The Hall–Kier alpha value is -1.85. The zero-order chi connectivity index (χ0) is 9.30. The Morgan fingerprint density at radius 2 is 1.83 bits per heavy atom. The lowest BCUT2D eigenvalue weighted by Gasteiger charge is -1.90. The predicted molar refractivity (Wildman–Crippen MR) is 33.3 cm³/mol. The maximum atomic E-state index is 10.6. The van der Waals surface area contributed by atoms with E-state index >= 15 is 0 Å². The molecule has 0 amide bonds. The average Bonchev–Trinajstić information content (AvgIpc) is 2.30. The van der Waals surface area contributed by atoms with Gasteiger partial charge in [0.05, 0.1) is 5.57 Å². The van der Waals surface area contributed by atoms with E-state index in [2.05, 4.69) is 4.74 Å². The molecule has 0 aromatic carbocycles. The van der Waals surface area contributed by atoms with Crippen molar-refractivity contribution in [1.82, 2.24) is 0 Å². The molecule has 0 atom stereocenters. The largest absolute Gasteiger partial charge is 0.478 e. The molecule has 6 nitrogen and oxygen atoms in total. The summed E-state index contributed by atoms with van der Waals surface area (Å²) in [5.74, 6) is -4.12. The van der Waals surface area contributed by atoms with Crippen LogP contribution < -0.4 is 0 Å². The highest BCUT2D eigenvalue weighted by molar-refractivity contribution is 6.20. The van der Waals surface area contributed by atoms with E-state index in [1.165, 1.54) is 0 Å². The minimum atomic E-state index is -1.57. The maximum Gasteiger partial charge on any atom is 0.346 e. The van der Waals surface area contributed by atoms with E-state index < -0.39 is 35.7 Å². The van der Waals surface area contributed by atoms with Gasteiger partial charge in [0.2, 0.25) is 0 Å². The van der Waals surface area contributed by atoms with Gasteiger partial charge in [0.25, 0.3) is 0 Å². The molecule has 1 aliphatic rings. The third kappa shape index (κ3) is 1.14. The molecule has 1 rings (SSSR count). The molecule has 0 saturated heterocycles. The van der Waals surface area contributed by atoms with Crippen molar-refractivity contribution in [2.75, 3.05) is 6.61 Å². The van der Waals surface area contributed by atoms with Crippen LogP contribution in [0.3, 0.4) is 0 Å². The van der Waals surface area contributed by atoms with Crippen molar-refractivity contribution in [3.8, 4) is 0 Å². The van der Waals surface area contributed by atoms with Crippen molar-refractivity contribution in [3.05, 3.63) is 11.1 Å². The number of carbonyl (C=O) groups is 3. The molecular weight excluding hydrogens is 168 g/mol. The fraction of sp³-hybridized carbons (Fsp3) is 0.167. The van der Waals surface area contributed by atoms with E-state index in [0.29, 0.717) is 0 Å². The first-order valence-electron chi connectivity index (χ1n) is 2.91. The van der Waals surface area contributed by atoms with E-state index in [9.17, 15) is 14.4 Å². The smallest absolute Gasteiger partial charge is 0.346 e. The zero-order valence-electron chi connectivity index (χ0n) is 5.73. The number of carboxylic acids is 2. The van der Waals surface area contributed by atoms with E-state index in [4.69, 9.17) is 10.2 Å².